The zero-order valence-corrected chi connectivity index (χ0v) is 25.4. The van der Waals surface area contributed by atoms with Crippen molar-refractivity contribution in [2.45, 2.75) is 5.03 Å². The van der Waals surface area contributed by atoms with Crippen LogP contribution in [0.15, 0.2) is 88.4 Å². The second-order valence-corrected chi connectivity index (χ2v) is 12.5. The number of benzene rings is 3. The monoisotopic (exact) mass is 599 g/mol. The van der Waals surface area contributed by atoms with Crippen LogP contribution in [0.2, 0.25) is 0 Å². The van der Waals surface area contributed by atoms with Crippen molar-refractivity contribution >= 4 is 50.1 Å². The third kappa shape index (κ3) is 6.29. The second kappa shape index (κ2) is 12.7. The van der Waals surface area contributed by atoms with Gasteiger partial charge in [0.25, 0.3) is 5.91 Å². The molecule has 0 spiro atoms. The first-order valence-electron chi connectivity index (χ1n) is 13.3. The average Bonchev–Trinajstić information content (AvgIpc) is 2.99. The molecule has 0 atom stereocenters. The lowest BCUT2D eigenvalue weighted by molar-refractivity contribution is 0.0697. The SMILES string of the molecule is CN(C)c1ccc2c(-c3ccc(C(=O)NCCSSc4ccccn4)cc3C(=O)O)c3ccc(=[N+](C)C)cc-3oc2c1. The number of rotatable bonds is 9. The Labute approximate surface area is 251 Å². The van der Waals surface area contributed by atoms with Crippen molar-refractivity contribution < 1.29 is 19.1 Å². The number of anilines is 1. The van der Waals surface area contributed by atoms with E-state index in [1.807, 2.05) is 92.3 Å². The summed E-state index contributed by atoms with van der Waals surface area (Å²) in [5.74, 6) is -0.124. The van der Waals surface area contributed by atoms with E-state index in [1.54, 1.807) is 39.9 Å². The Morgan fingerprint density at radius 3 is 2.52 bits per heavy atom. The van der Waals surface area contributed by atoms with Crippen LogP contribution < -0.4 is 20.1 Å². The van der Waals surface area contributed by atoms with Gasteiger partial charge in [-0.1, -0.05) is 22.9 Å². The van der Waals surface area contributed by atoms with Crippen LogP contribution >= 0.6 is 21.6 Å². The molecule has 0 saturated carbocycles. The third-order valence-corrected chi connectivity index (χ3v) is 9.02. The molecule has 3 aromatic rings. The molecule has 2 N–H and O–H groups in total. The minimum atomic E-state index is -1.11. The number of pyridine rings is 1. The molecule has 1 amide bonds. The number of hydrogen-bond donors (Lipinski definition) is 2. The van der Waals surface area contributed by atoms with Crippen molar-refractivity contribution in [1.29, 1.82) is 0 Å². The van der Waals surface area contributed by atoms with Crippen molar-refractivity contribution in [2.75, 3.05) is 45.4 Å². The molecule has 1 aliphatic carbocycles. The number of carbonyl (C=O) groups is 2. The molecular formula is C32H31N4O4S2+. The van der Waals surface area contributed by atoms with Crippen molar-refractivity contribution in [3.8, 4) is 22.5 Å². The number of carboxylic acid groups (broad SMARTS) is 1. The number of aromatic carboxylic acids is 1. The number of nitrogens with one attached hydrogen (secondary N) is 1. The number of carbonyl (C=O) groups excluding carboxylic acids is 1. The first-order chi connectivity index (χ1) is 20.2. The highest BCUT2D eigenvalue weighted by Crippen LogP contribution is 2.42. The molecular weight excluding hydrogens is 569 g/mol. The minimum Gasteiger partial charge on any atom is -0.478 e. The standard InChI is InChI=1S/C32H30N4O4S2/c1-35(2)21-9-12-24-27(18-21)40-28-19-22(36(3)4)10-13-25(28)30(24)23-11-8-20(17-26(23)32(38)39)31(37)34-15-16-41-42-29-7-5-6-14-33-29/h5-14,17-19H,15-16H2,1-4H3,(H-,34,37,38,39)/p+1. The van der Waals surface area contributed by atoms with Crippen molar-refractivity contribution in [1.82, 2.24) is 14.9 Å². The van der Waals surface area contributed by atoms with Crippen molar-refractivity contribution in [3.63, 3.8) is 0 Å². The largest absolute Gasteiger partial charge is 0.478 e. The molecule has 1 aromatic heterocycles. The van der Waals surface area contributed by atoms with E-state index < -0.39 is 5.97 Å². The summed E-state index contributed by atoms with van der Waals surface area (Å²) in [6.45, 7) is 0.436. The zero-order chi connectivity index (χ0) is 29.8. The van der Waals surface area contributed by atoms with E-state index in [0.717, 1.165) is 32.6 Å². The van der Waals surface area contributed by atoms with Crippen LogP contribution in [0.3, 0.4) is 0 Å². The molecule has 0 bridgehead atoms. The van der Waals surface area contributed by atoms with Gasteiger partial charge in [-0.05, 0) is 58.8 Å². The van der Waals surface area contributed by atoms with Gasteiger partial charge in [0.05, 0.1) is 11.6 Å². The Balaban J connectivity index is 1.50. The van der Waals surface area contributed by atoms with Crippen LogP contribution in [0.4, 0.5) is 5.69 Å². The van der Waals surface area contributed by atoms with Gasteiger partial charge in [0.15, 0.2) is 0 Å². The Kier molecular flexibility index (Phi) is 8.84. The maximum absolute atomic E-state index is 13.0. The molecule has 1 aliphatic heterocycles. The molecule has 214 valence electrons. The van der Waals surface area contributed by atoms with Crippen molar-refractivity contribution in [2.24, 2.45) is 0 Å². The Hall–Kier alpha value is -4.28. The maximum Gasteiger partial charge on any atom is 0.336 e. The van der Waals surface area contributed by atoms with Crippen LogP contribution in [0, 0.1) is 0 Å². The van der Waals surface area contributed by atoms with Gasteiger partial charge in [-0.2, -0.15) is 0 Å². The number of carboxylic acids is 1. The molecule has 0 unspecified atom stereocenters. The fourth-order valence-corrected chi connectivity index (χ4v) is 6.39. The lowest BCUT2D eigenvalue weighted by atomic mass is 9.89. The molecule has 0 radical (unpaired) electrons. The Morgan fingerprint density at radius 2 is 1.81 bits per heavy atom. The van der Waals surface area contributed by atoms with E-state index in [1.165, 1.54) is 6.07 Å². The van der Waals surface area contributed by atoms with E-state index in [-0.39, 0.29) is 17.0 Å². The van der Waals surface area contributed by atoms with Crippen LogP contribution in [-0.2, 0) is 0 Å². The van der Waals surface area contributed by atoms with Gasteiger partial charge in [0.2, 0.25) is 5.36 Å². The lowest BCUT2D eigenvalue weighted by Crippen LogP contribution is -2.25. The quantitative estimate of drug-likeness (QED) is 0.0983. The van der Waals surface area contributed by atoms with Gasteiger partial charge < -0.3 is 19.7 Å². The fraction of sp³-hybridized carbons (Fsp3) is 0.188. The van der Waals surface area contributed by atoms with Gasteiger partial charge in [-0.25, -0.2) is 14.4 Å². The highest BCUT2D eigenvalue weighted by Gasteiger charge is 2.23. The number of aromatic nitrogens is 1. The summed E-state index contributed by atoms with van der Waals surface area (Å²) in [6, 6.07) is 22.3. The zero-order valence-electron chi connectivity index (χ0n) is 23.7. The molecule has 2 aromatic carbocycles. The van der Waals surface area contributed by atoms with Gasteiger partial charge in [0, 0.05) is 72.5 Å². The fourth-order valence-electron chi connectivity index (χ4n) is 4.60. The summed E-state index contributed by atoms with van der Waals surface area (Å²) in [6.07, 6.45) is 1.74. The van der Waals surface area contributed by atoms with Gasteiger partial charge in [-0.15, -0.1) is 0 Å². The highest BCUT2D eigenvalue weighted by atomic mass is 33.1. The molecule has 8 nitrogen and oxygen atoms in total. The second-order valence-electron chi connectivity index (χ2n) is 10.0. The predicted molar refractivity (Wildman–Crippen MR) is 172 cm³/mol. The number of fused-ring (bicyclic) bond motifs is 2. The predicted octanol–water partition coefficient (Wildman–Crippen LogP) is 5.57. The summed E-state index contributed by atoms with van der Waals surface area (Å²) in [7, 11) is 11.0. The summed E-state index contributed by atoms with van der Waals surface area (Å²) in [4.78, 5) is 31.8. The summed E-state index contributed by atoms with van der Waals surface area (Å²) in [5.41, 5.74) is 3.98. The first kappa shape index (κ1) is 29.2. The molecule has 10 heteroatoms. The summed E-state index contributed by atoms with van der Waals surface area (Å²) < 4.78 is 8.36. The van der Waals surface area contributed by atoms with Gasteiger partial charge in [-0.3, -0.25) is 4.79 Å². The lowest BCUT2D eigenvalue weighted by Gasteiger charge is -2.19. The van der Waals surface area contributed by atoms with E-state index in [9.17, 15) is 14.7 Å². The van der Waals surface area contributed by atoms with E-state index in [4.69, 9.17) is 4.42 Å². The van der Waals surface area contributed by atoms with Crippen molar-refractivity contribution in [3.05, 3.63) is 95.5 Å². The minimum absolute atomic E-state index is 0.0462. The molecule has 5 rings (SSSR count). The first-order valence-corrected chi connectivity index (χ1v) is 15.6. The van der Waals surface area contributed by atoms with E-state index in [2.05, 4.69) is 10.3 Å². The number of nitrogens with zero attached hydrogens (tertiary/aromatic N) is 3. The topological polar surface area (TPSA) is 98.7 Å². The summed E-state index contributed by atoms with van der Waals surface area (Å²) in [5, 5.41) is 15.8. The third-order valence-electron chi connectivity index (χ3n) is 6.76. The smallest absolute Gasteiger partial charge is 0.336 e. The molecule has 2 heterocycles. The molecule has 0 saturated heterocycles. The van der Waals surface area contributed by atoms with Crippen LogP contribution in [0.1, 0.15) is 20.7 Å². The molecule has 0 fully saturated rings. The molecule has 42 heavy (non-hydrogen) atoms. The Morgan fingerprint density at radius 1 is 1.00 bits per heavy atom. The van der Waals surface area contributed by atoms with E-state index in [0.29, 0.717) is 29.2 Å². The van der Waals surface area contributed by atoms with Gasteiger partial charge in [0.1, 0.15) is 30.5 Å². The van der Waals surface area contributed by atoms with E-state index >= 15 is 0 Å². The highest BCUT2D eigenvalue weighted by molar-refractivity contribution is 8.76. The number of hydrogen-bond acceptors (Lipinski definition) is 7. The maximum atomic E-state index is 13.0. The average molecular weight is 600 g/mol. The summed E-state index contributed by atoms with van der Waals surface area (Å²) >= 11 is 0. The van der Waals surface area contributed by atoms with Crippen LogP contribution in [-0.4, -0.2) is 62.5 Å². The Bertz CT molecular complexity index is 1820. The normalized spacial score (nSPS) is 11.0. The van der Waals surface area contributed by atoms with Crippen LogP contribution in [0.5, 0.6) is 0 Å². The molecule has 2 aliphatic rings. The number of amides is 1. The van der Waals surface area contributed by atoms with Crippen LogP contribution in [0.25, 0.3) is 33.4 Å². The van der Waals surface area contributed by atoms with Gasteiger partial charge >= 0.3 is 5.97 Å².